The summed E-state index contributed by atoms with van der Waals surface area (Å²) in [6, 6.07) is 15.9. The number of amides is 1. The van der Waals surface area contributed by atoms with Crippen LogP contribution in [0.15, 0.2) is 110 Å². The molecule has 0 radical (unpaired) electrons. The van der Waals surface area contributed by atoms with Gasteiger partial charge in [0.15, 0.2) is 42.8 Å². The lowest BCUT2D eigenvalue weighted by Gasteiger charge is -2.37. The van der Waals surface area contributed by atoms with Crippen molar-refractivity contribution in [3.05, 3.63) is 144 Å². The molecule has 37 heteroatoms. The van der Waals surface area contributed by atoms with E-state index in [0.29, 0.717) is 115 Å². The number of carbonyl (C=O) groups excluding carboxylic acids is 4. The number of nitrogens with zero attached hydrogens (tertiary/aromatic N) is 19. The maximum Gasteiger partial charge on any atom is 0.255 e. The maximum absolute atomic E-state index is 14.7. The van der Waals surface area contributed by atoms with Gasteiger partial charge in [-0.2, -0.15) is 20.4 Å². The number of piperazine rings is 1. The van der Waals surface area contributed by atoms with Gasteiger partial charge in [-0.05, 0) is 137 Å². The molecule has 2 unspecified atom stereocenters. The van der Waals surface area contributed by atoms with E-state index in [9.17, 15) is 59.4 Å². The molecule has 130 heavy (non-hydrogen) atoms. The number of ketones is 3. The van der Waals surface area contributed by atoms with Crippen LogP contribution >= 0.6 is 0 Å². The third-order valence-corrected chi connectivity index (χ3v) is 28.1. The molecule has 32 nitrogen and oxygen atoms in total. The molecule has 12 aromatic heterocycles. The molecule has 4 fully saturated rings. The van der Waals surface area contributed by atoms with Gasteiger partial charge in [0.1, 0.15) is 62.2 Å². The summed E-state index contributed by atoms with van der Waals surface area (Å²) in [6.07, 6.45) is 11.9. The minimum Gasteiger partial charge on any atom is -0.478 e. The second-order valence-corrected chi connectivity index (χ2v) is 40.5. The number of pyridine rings is 8. The Hall–Kier alpha value is -11.7. The van der Waals surface area contributed by atoms with Crippen LogP contribution in [-0.2, 0) is 19.7 Å². The first kappa shape index (κ1) is 95.9. The Morgan fingerprint density at radius 3 is 1.47 bits per heavy atom. The van der Waals surface area contributed by atoms with Crippen molar-refractivity contribution in [2.24, 2.45) is 16.2 Å². The van der Waals surface area contributed by atoms with Crippen molar-refractivity contribution in [3.63, 3.8) is 0 Å². The predicted octanol–water partition coefficient (Wildman–Crippen LogP) is 14.9. The topological polar surface area (TPSA) is 389 Å². The summed E-state index contributed by atoms with van der Waals surface area (Å²) in [5.74, 6) is 0.272. The number of alkyl halides is 2. The van der Waals surface area contributed by atoms with E-state index in [0.717, 1.165) is 78.7 Å². The van der Waals surface area contributed by atoms with E-state index in [2.05, 4.69) is 56.8 Å². The Morgan fingerprint density at radius 1 is 0.523 bits per heavy atom. The van der Waals surface area contributed by atoms with Crippen LogP contribution in [0.25, 0.3) is 89.2 Å². The highest BCUT2D eigenvalue weighted by Crippen LogP contribution is 2.44. The first-order valence-corrected chi connectivity index (χ1v) is 47.4. The Morgan fingerprint density at radius 2 is 1.00 bits per heavy atom. The standard InChI is InChI=1S/C24H29FN4O5S.C24H29FN4O3.C23H29FN6O2.C22H27N5O3S/c1-13(2)29-19-6-16(20(30)8-24(5)12-35(32,33)11-21(24)31)9-27-23(19)22(28-29)18-7-17(34-15(4)25)10-26-14(18)3;1-5-32-21-10-16(17(25)13-26-21)22-23-18(29(28-22)14(2)3)9-15(12-27-23)19(30)11-24(4)8-6-7-20(24)31;1-5-28-6-8-29(9-7-28)23(31)18-11-20-22(26-13-18)21(27-30(20)15(2)3)17-10-19(14-25-12-17)32-16(4)24;1-14(2)27-17-8-16(18(28)10-22(3)12-31(29,30)13-22)11-24-21(17)20(25-27)15-6-7-23-19(9-15)26(4)5/h6-7,9-10,13,15,21,31H,8,11-12H2,1-5H3;9-10,12-14,20,31H,5-8,11H2,1-4H3;10-16H,5-9H2,1-4H3;6-9,11,14H,10,12-13H2,1-5H3/t15?,21-,24-;20-,24-;;/m11../s1. The molecule has 2 N–H and O–H groups in total. The molecule has 692 valence electrons. The van der Waals surface area contributed by atoms with Crippen LogP contribution in [0.3, 0.4) is 0 Å². The fourth-order valence-electron chi connectivity index (χ4n) is 17.1. The largest absolute Gasteiger partial charge is 0.478 e. The molecule has 0 aromatic carbocycles. The molecule has 3 saturated heterocycles. The number of sulfone groups is 2. The maximum atomic E-state index is 14.7. The number of aliphatic hydroxyl groups is 2. The number of ether oxygens (including phenoxy) is 3. The number of hydrogen-bond acceptors (Lipinski definition) is 27. The van der Waals surface area contributed by atoms with Crippen molar-refractivity contribution in [3.8, 4) is 62.4 Å². The summed E-state index contributed by atoms with van der Waals surface area (Å²) in [4.78, 5) is 93.4. The lowest BCUT2D eigenvalue weighted by Crippen LogP contribution is -2.48. The van der Waals surface area contributed by atoms with Crippen molar-refractivity contribution in [1.82, 2.24) is 88.8 Å². The van der Waals surface area contributed by atoms with Crippen LogP contribution in [0.1, 0.15) is 214 Å². The second kappa shape index (κ2) is 38.8. The summed E-state index contributed by atoms with van der Waals surface area (Å²) in [5.41, 5.74) is 10.5. The summed E-state index contributed by atoms with van der Waals surface area (Å²) >= 11 is 0. The number of aryl methyl sites for hydroxylation is 1. The lowest BCUT2D eigenvalue weighted by atomic mass is 9.80. The Balaban J connectivity index is 0.000000148. The molecule has 1 saturated carbocycles. The number of halogens is 3. The number of anilines is 1. The second-order valence-electron chi connectivity index (χ2n) is 36.3. The molecule has 16 rings (SSSR count). The minimum atomic E-state index is -3.40. The minimum absolute atomic E-state index is 0.0118. The number of rotatable bonds is 26. The highest BCUT2D eigenvalue weighted by Gasteiger charge is 2.49. The van der Waals surface area contributed by atoms with Crippen LogP contribution in [0.5, 0.6) is 17.4 Å². The molecule has 1 amide bonds. The van der Waals surface area contributed by atoms with Gasteiger partial charge < -0.3 is 39.1 Å². The summed E-state index contributed by atoms with van der Waals surface area (Å²) in [5, 5.41) is 39.5. The SMILES string of the molecule is CC(C)n1nc(-c2ccnc(N(C)C)c2)c2ncc(C(=O)CC3(C)CS(=O)(=O)C3)cc21.CCN1CCN(C(=O)c2cnc3c(-c4cncc(OC(C)F)c4)nn(C(C)C)c3c2)CC1.CCOc1cc(-c2nn(C(C)C)c3cc(C(=O)C[C@@]4(C)CCC[C@H]4O)cnc23)c(F)cn1.Cc1ncc(OC(C)F)cc1-c1nn(C(C)C)c2cc(C(=O)C[C@]3(C)CS(=O)(=O)C[C@H]3O)cnc12. The highest BCUT2D eigenvalue weighted by molar-refractivity contribution is 7.92. The fraction of sp³-hybridized carbons (Fsp3) is 0.484. The van der Waals surface area contributed by atoms with E-state index in [1.165, 1.54) is 44.7 Å². The third kappa shape index (κ3) is 21.2. The van der Waals surface area contributed by atoms with Crippen molar-refractivity contribution in [1.29, 1.82) is 0 Å². The molecule has 0 spiro atoms. The molecule has 15 heterocycles. The Bertz CT molecular complexity index is 6470. The Labute approximate surface area is 753 Å². The summed E-state index contributed by atoms with van der Waals surface area (Å²) in [7, 11) is -2.53. The van der Waals surface area contributed by atoms with E-state index in [1.807, 2.05) is 134 Å². The van der Waals surface area contributed by atoms with Gasteiger partial charge in [-0.3, -0.25) is 67.8 Å². The molecule has 12 aromatic rings. The van der Waals surface area contributed by atoms with E-state index < -0.39 is 66.7 Å². The lowest BCUT2D eigenvalue weighted by molar-refractivity contribution is 0.0526. The smallest absolute Gasteiger partial charge is 0.255 e. The van der Waals surface area contributed by atoms with Crippen molar-refractivity contribution >= 4 is 92.9 Å². The van der Waals surface area contributed by atoms with Crippen LogP contribution in [0.2, 0.25) is 0 Å². The number of Topliss-reactive ketones (excluding diaryl/α,β-unsaturated/α-hetero) is 3. The number of carbonyl (C=O) groups is 4. The van der Waals surface area contributed by atoms with Crippen LogP contribution in [0.4, 0.5) is 19.0 Å². The zero-order valence-corrected chi connectivity index (χ0v) is 78.3. The van der Waals surface area contributed by atoms with E-state index in [1.54, 1.807) is 72.3 Å². The van der Waals surface area contributed by atoms with Crippen molar-refractivity contribution in [2.45, 2.75) is 198 Å². The summed E-state index contributed by atoms with van der Waals surface area (Å²) < 4.78 is 111. The average Bonchev–Trinajstić information content (AvgIpc) is 1.63. The van der Waals surface area contributed by atoms with E-state index in [4.69, 9.17) is 29.5 Å². The number of hydrogen-bond donors (Lipinski definition) is 2. The van der Waals surface area contributed by atoms with Crippen LogP contribution in [-0.4, -0.2) is 240 Å². The highest BCUT2D eigenvalue weighted by atomic mass is 32.2. The zero-order chi connectivity index (χ0) is 94.1. The van der Waals surface area contributed by atoms with Gasteiger partial charge in [0.25, 0.3) is 5.91 Å². The first-order chi connectivity index (χ1) is 61.4. The number of aliphatic hydroxyl groups excluding tert-OH is 2. The molecule has 0 bridgehead atoms. The van der Waals surface area contributed by atoms with Gasteiger partial charge in [-0.25, -0.2) is 40.0 Å². The molecular formula is C93H114F3N19O13S2. The van der Waals surface area contributed by atoms with E-state index in [-0.39, 0.29) is 101 Å². The van der Waals surface area contributed by atoms with E-state index >= 15 is 0 Å². The summed E-state index contributed by atoms with van der Waals surface area (Å²) in [6.45, 7) is 34.3. The van der Waals surface area contributed by atoms with Crippen molar-refractivity contribution in [2.75, 3.05) is 81.3 Å². The normalized spacial score (nSPS) is 19.2. The monoisotopic (exact) mass is 1830 g/mol. The molecular weight excluding hydrogens is 1710 g/mol. The van der Waals surface area contributed by atoms with Crippen LogP contribution < -0.4 is 19.1 Å². The van der Waals surface area contributed by atoms with Crippen molar-refractivity contribution < 1.29 is 73.6 Å². The predicted molar refractivity (Wildman–Crippen MR) is 490 cm³/mol. The number of aromatic nitrogens is 16. The molecule has 1 aliphatic carbocycles. The van der Waals surface area contributed by atoms with Gasteiger partial charge in [0.2, 0.25) is 18.6 Å². The Kier molecular flexibility index (Phi) is 28.6. The molecule has 6 atom stereocenters. The van der Waals surface area contributed by atoms with Gasteiger partial charge in [-0.1, -0.05) is 34.1 Å². The average molecular weight is 1830 g/mol. The van der Waals surface area contributed by atoms with Gasteiger partial charge >= 0.3 is 0 Å². The van der Waals surface area contributed by atoms with Gasteiger partial charge in [-0.15, -0.1) is 0 Å². The molecule has 3 aliphatic heterocycles. The van der Waals surface area contributed by atoms with Gasteiger partial charge in [0, 0.05) is 202 Å². The first-order valence-electron chi connectivity index (χ1n) is 43.8. The zero-order valence-electron chi connectivity index (χ0n) is 76.7. The number of likely N-dealkylation sites (N-methyl/N-ethyl adjacent to an activating group) is 1. The number of fused-ring (bicyclic) bond motifs is 4. The third-order valence-electron chi connectivity index (χ3n) is 23.9. The molecule has 4 aliphatic rings. The van der Waals surface area contributed by atoms with Crippen LogP contribution in [0, 0.1) is 29.0 Å². The fourth-order valence-corrected chi connectivity index (χ4v) is 21.7. The quantitative estimate of drug-likeness (QED) is 0.0475. The van der Waals surface area contributed by atoms with Gasteiger partial charge in [0.05, 0.1) is 88.0 Å².